The van der Waals surface area contributed by atoms with Gasteiger partial charge in [0.25, 0.3) is 0 Å². The highest BCUT2D eigenvalue weighted by atomic mass is 32.1. The van der Waals surface area contributed by atoms with Crippen LogP contribution < -0.4 is 20.5 Å². The lowest BCUT2D eigenvalue weighted by Gasteiger charge is -2.33. The highest BCUT2D eigenvalue weighted by Gasteiger charge is 2.20. The number of carbonyl (C=O) groups excluding carboxylic acids is 1. The summed E-state index contributed by atoms with van der Waals surface area (Å²) in [5, 5.41) is 5.05. The molecule has 10 heteroatoms. The summed E-state index contributed by atoms with van der Waals surface area (Å²) in [6.07, 6.45) is 4.78. The molecule has 45 heavy (non-hydrogen) atoms. The lowest BCUT2D eigenvalue weighted by Crippen LogP contribution is -2.38. The maximum atomic E-state index is 11.8. The summed E-state index contributed by atoms with van der Waals surface area (Å²) < 4.78 is 13.0. The van der Waals surface area contributed by atoms with Gasteiger partial charge >= 0.3 is 0 Å². The quantitative estimate of drug-likeness (QED) is 0.155. The standard InChI is InChI=1S/C35H40N6O3S/c1-20-15-21(2)31(22(3)16-20)39-33-25-18-28(43-5)29(44-14-8-13-41-12-7-6-9-23(41)4)19-27(25)37-34(40-33)35-38-26-11-10-24(32(36)42)17-30(26)45-35/h10-11,15-19,23H,6-9,12-14H2,1-5H3,(H2,36,42)(H,37,39,40). The van der Waals surface area contributed by atoms with E-state index in [1.54, 1.807) is 25.3 Å². The number of benzene rings is 3. The van der Waals surface area contributed by atoms with Crippen molar-refractivity contribution in [3.8, 4) is 22.3 Å². The van der Waals surface area contributed by atoms with Crippen molar-refractivity contribution in [2.24, 2.45) is 5.73 Å². The van der Waals surface area contributed by atoms with Gasteiger partial charge in [0, 0.05) is 35.3 Å². The van der Waals surface area contributed by atoms with Gasteiger partial charge in [-0.3, -0.25) is 4.79 Å². The molecule has 1 amide bonds. The predicted octanol–water partition coefficient (Wildman–Crippen LogP) is 7.33. The highest BCUT2D eigenvalue weighted by molar-refractivity contribution is 7.21. The second-order valence-electron chi connectivity index (χ2n) is 12.0. The minimum Gasteiger partial charge on any atom is -0.493 e. The average Bonchev–Trinajstić information content (AvgIpc) is 3.45. The molecule has 1 aliphatic heterocycles. The number of piperidine rings is 1. The molecule has 1 atom stereocenters. The number of nitrogens with zero attached hydrogens (tertiary/aromatic N) is 4. The Morgan fingerprint density at radius 1 is 1.02 bits per heavy atom. The lowest BCUT2D eigenvalue weighted by molar-refractivity contribution is 0.100. The second kappa shape index (κ2) is 13.0. The number of primary amides is 1. The van der Waals surface area contributed by atoms with E-state index in [-0.39, 0.29) is 0 Å². The summed E-state index contributed by atoms with van der Waals surface area (Å²) in [5.74, 6) is 1.92. The molecule has 3 N–H and O–H groups in total. The first-order valence-electron chi connectivity index (χ1n) is 15.5. The third kappa shape index (κ3) is 6.57. The number of thiazole rings is 1. The molecule has 3 aromatic carbocycles. The average molecular weight is 625 g/mol. The zero-order valence-electron chi connectivity index (χ0n) is 26.6. The molecule has 1 unspecified atom stereocenters. The molecule has 9 nitrogen and oxygen atoms in total. The molecule has 3 heterocycles. The molecule has 0 radical (unpaired) electrons. The Labute approximate surface area is 267 Å². The molecule has 5 aromatic rings. The molecule has 6 rings (SSSR count). The van der Waals surface area contributed by atoms with Crippen molar-refractivity contribution in [1.29, 1.82) is 0 Å². The first kappa shape index (κ1) is 30.7. The summed E-state index contributed by atoms with van der Waals surface area (Å²) in [5.41, 5.74) is 11.9. The molecule has 0 bridgehead atoms. The Morgan fingerprint density at radius 2 is 1.82 bits per heavy atom. The van der Waals surface area contributed by atoms with Crippen molar-refractivity contribution in [2.45, 2.75) is 59.4 Å². The van der Waals surface area contributed by atoms with Crippen molar-refractivity contribution in [2.75, 3.05) is 32.1 Å². The number of aryl methyl sites for hydroxylation is 3. The Hall–Kier alpha value is -4.28. The van der Waals surface area contributed by atoms with E-state index >= 15 is 0 Å². The van der Waals surface area contributed by atoms with Crippen LogP contribution in [0.2, 0.25) is 0 Å². The topological polar surface area (TPSA) is 115 Å². The van der Waals surface area contributed by atoms with Gasteiger partial charge < -0.3 is 25.4 Å². The van der Waals surface area contributed by atoms with Gasteiger partial charge in [-0.1, -0.05) is 24.1 Å². The Bertz CT molecular complexity index is 1860. The van der Waals surface area contributed by atoms with Gasteiger partial charge in [-0.05, 0) is 88.9 Å². The molecule has 234 valence electrons. The van der Waals surface area contributed by atoms with Crippen LogP contribution in [-0.2, 0) is 0 Å². The number of hydrogen-bond acceptors (Lipinski definition) is 9. The number of carbonyl (C=O) groups is 1. The van der Waals surface area contributed by atoms with E-state index in [0.717, 1.165) is 51.9 Å². The van der Waals surface area contributed by atoms with Crippen molar-refractivity contribution in [3.05, 3.63) is 64.7 Å². The molecule has 1 fully saturated rings. The fraction of sp³-hybridized carbons (Fsp3) is 0.371. The van der Waals surface area contributed by atoms with Crippen molar-refractivity contribution in [3.63, 3.8) is 0 Å². The number of anilines is 2. The van der Waals surface area contributed by atoms with Crippen molar-refractivity contribution >= 4 is 49.9 Å². The lowest BCUT2D eigenvalue weighted by atomic mass is 10.0. The number of rotatable bonds is 10. The van der Waals surface area contributed by atoms with E-state index in [1.165, 1.54) is 36.2 Å². The first-order chi connectivity index (χ1) is 21.7. The summed E-state index contributed by atoms with van der Waals surface area (Å²) in [6.45, 7) is 11.3. The van der Waals surface area contributed by atoms with Crippen LogP contribution in [0.3, 0.4) is 0 Å². The maximum absolute atomic E-state index is 11.8. The highest BCUT2D eigenvalue weighted by Crippen LogP contribution is 2.38. The van der Waals surface area contributed by atoms with Gasteiger partial charge in [0.15, 0.2) is 22.3 Å². The maximum Gasteiger partial charge on any atom is 0.248 e. The number of methoxy groups -OCH3 is 1. The monoisotopic (exact) mass is 624 g/mol. The number of nitrogens with two attached hydrogens (primary N) is 1. The molecule has 1 aliphatic rings. The van der Waals surface area contributed by atoms with E-state index in [9.17, 15) is 4.79 Å². The van der Waals surface area contributed by atoms with Crippen LogP contribution in [0.5, 0.6) is 11.5 Å². The van der Waals surface area contributed by atoms with E-state index in [0.29, 0.717) is 51.9 Å². The molecule has 0 saturated carbocycles. The predicted molar refractivity (Wildman–Crippen MR) is 182 cm³/mol. The van der Waals surface area contributed by atoms with E-state index in [2.05, 4.69) is 50.0 Å². The van der Waals surface area contributed by atoms with Crippen molar-refractivity contribution in [1.82, 2.24) is 19.9 Å². The number of amides is 1. The van der Waals surface area contributed by atoms with Crippen LogP contribution in [0.1, 0.15) is 59.7 Å². The smallest absolute Gasteiger partial charge is 0.248 e. The minimum absolute atomic E-state index is 0.438. The molecule has 1 saturated heterocycles. The van der Waals surface area contributed by atoms with Crippen LogP contribution in [-0.4, -0.2) is 58.6 Å². The fourth-order valence-corrected chi connectivity index (χ4v) is 7.15. The van der Waals surface area contributed by atoms with E-state index in [1.807, 2.05) is 12.1 Å². The van der Waals surface area contributed by atoms with Crippen LogP contribution in [0.15, 0.2) is 42.5 Å². The Balaban J connectivity index is 1.39. The minimum atomic E-state index is -0.476. The SMILES string of the molecule is COc1cc2c(Nc3c(C)cc(C)cc3C)nc(-c3nc4ccc(C(N)=O)cc4s3)nc2cc1OCCCN1CCCCC1C. The third-order valence-electron chi connectivity index (χ3n) is 8.55. The van der Waals surface area contributed by atoms with Gasteiger partial charge in [-0.2, -0.15) is 0 Å². The molecular weight excluding hydrogens is 584 g/mol. The number of hydrogen-bond donors (Lipinski definition) is 2. The zero-order valence-corrected chi connectivity index (χ0v) is 27.4. The molecule has 2 aromatic heterocycles. The van der Waals surface area contributed by atoms with Crippen molar-refractivity contribution < 1.29 is 14.3 Å². The van der Waals surface area contributed by atoms with Gasteiger partial charge in [0.05, 0.1) is 29.5 Å². The Kier molecular flexibility index (Phi) is 8.87. The van der Waals surface area contributed by atoms with E-state index < -0.39 is 5.91 Å². The number of fused-ring (bicyclic) bond motifs is 2. The molecule has 0 spiro atoms. The number of nitrogens with one attached hydrogen (secondary N) is 1. The van der Waals surface area contributed by atoms with Gasteiger partial charge in [0.2, 0.25) is 5.91 Å². The molecule has 0 aliphatic carbocycles. The number of likely N-dealkylation sites (tertiary alicyclic amines) is 1. The zero-order chi connectivity index (χ0) is 31.7. The van der Waals surface area contributed by atoms with Gasteiger partial charge in [-0.25, -0.2) is 15.0 Å². The third-order valence-corrected chi connectivity index (χ3v) is 9.57. The fourth-order valence-electron chi connectivity index (χ4n) is 6.21. The summed E-state index contributed by atoms with van der Waals surface area (Å²) in [6, 6.07) is 14.1. The van der Waals surface area contributed by atoms with E-state index in [4.69, 9.17) is 30.2 Å². The Morgan fingerprint density at radius 3 is 2.56 bits per heavy atom. The summed E-state index contributed by atoms with van der Waals surface area (Å²) in [4.78, 5) is 29.1. The molecular formula is C35H40N6O3S. The van der Waals surface area contributed by atoms with Crippen LogP contribution in [0.4, 0.5) is 11.5 Å². The second-order valence-corrected chi connectivity index (χ2v) is 13.0. The largest absolute Gasteiger partial charge is 0.493 e. The number of ether oxygens (including phenoxy) is 2. The van der Waals surface area contributed by atoms with Gasteiger partial charge in [-0.15, -0.1) is 11.3 Å². The normalized spacial score (nSPS) is 15.4. The van der Waals surface area contributed by atoms with Crippen LogP contribution in [0, 0.1) is 20.8 Å². The van der Waals surface area contributed by atoms with Gasteiger partial charge in [0.1, 0.15) is 5.82 Å². The summed E-state index contributed by atoms with van der Waals surface area (Å²) in [7, 11) is 1.65. The van der Waals surface area contributed by atoms with Crippen LogP contribution >= 0.6 is 11.3 Å². The first-order valence-corrected chi connectivity index (χ1v) is 16.3. The van der Waals surface area contributed by atoms with Crippen LogP contribution in [0.25, 0.3) is 32.0 Å². The number of aromatic nitrogens is 3. The summed E-state index contributed by atoms with van der Waals surface area (Å²) >= 11 is 1.42.